The van der Waals surface area contributed by atoms with Crippen molar-refractivity contribution in [2.45, 2.75) is 12.5 Å². The molecule has 1 unspecified atom stereocenters. The number of hydrogen-bond acceptors (Lipinski definition) is 4. The molecule has 104 valence electrons. The molecule has 0 bridgehead atoms. The van der Waals surface area contributed by atoms with Crippen LogP contribution < -0.4 is 10.1 Å². The Morgan fingerprint density at radius 3 is 2.47 bits per heavy atom. The number of ether oxygens (including phenoxy) is 2. The third kappa shape index (κ3) is 3.45. The lowest BCUT2D eigenvalue weighted by molar-refractivity contribution is -0.145. The Hall–Kier alpha value is -2.08. The van der Waals surface area contributed by atoms with Crippen molar-refractivity contribution in [1.29, 1.82) is 0 Å². The van der Waals surface area contributed by atoms with Crippen LogP contribution in [0.3, 0.4) is 0 Å². The molecule has 6 heteroatoms. The predicted molar refractivity (Wildman–Crippen MR) is 68.4 cm³/mol. The Bertz CT molecular complexity index is 474. The molecule has 0 aliphatic carbocycles. The molecular weight excluding hydrogens is 250 g/mol. The van der Waals surface area contributed by atoms with Crippen molar-refractivity contribution >= 4 is 11.9 Å². The molecular formula is C13H17NO5. The number of aliphatic carboxylic acids is 1. The van der Waals surface area contributed by atoms with E-state index in [9.17, 15) is 9.59 Å². The Balaban J connectivity index is 2.97. The fraction of sp³-hybridized carbons (Fsp3) is 0.385. The summed E-state index contributed by atoms with van der Waals surface area (Å²) in [6.45, 7) is 1.25. The van der Waals surface area contributed by atoms with Crippen molar-refractivity contribution in [1.82, 2.24) is 5.32 Å². The van der Waals surface area contributed by atoms with Crippen LogP contribution in [0.2, 0.25) is 0 Å². The molecule has 1 rings (SSSR count). The maximum atomic E-state index is 12.1. The van der Waals surface area contributed by atoms with Crippen LogP contribution in [0.5, 0.6) is 5.75 Å². The molecule has 0 saturated heterocycles. The molecule has 0 radical (unpaired) electrons. The standard InChI is InChI=1S/C13H17NO5/c1-13(8-18-2,12(16)17)14-11(15)9-6-4-5-7-10(9)19-3/h4-7H,8H2,1-3H3,(H,14,15)(H,16,17). The summed E-state index contributed by atoms with van der Waals surface area (Å²) < 4.78 is 9.90. The van der Waals surface area contributed by atoms with E-state index in [4.69, 9.17) is 14.6 Å². The number of hydrogen-bond donors (Lipinski definition) is 2. The summed E-state index contributed by atoms with van der Waals surface area (Å²) in [5.41, 5.74) is -1.22. The zero-order valence-electron chi connectivity index (χ0n) is 11.1. The van der Waals surface area contributed by atoms with Gasteiger partial charge in [-0.2, -0.15) is 0 Å². The molecule has 1 amide bonds. The number of amides is 1. The van der Waals surface area contributed by atoms with Crippen molar-refractivity contribution in [3.63, 3.8) is 0 Å². The SMILES string of the molecule is COCC(C)(NC(=O)c1ccccc1OC)C(=O)O. The molecule has 0 aliphatic rings. The molecule has 0 spiro atoms. The minimum atomic E-state index is -1.49. The predicted octanol–water partition coefficient (Wildman–Crippen LogP) is 0.915. The summed E-state index contributed by atoms with van der Waals surface area (Å²) in [6.07, 6.45) is 0. The van der Waals surface area contributed by atoms with E-state index in [1.165, 1.54) is 21.1 Å². The highest BCUT2D eigenvalue weighted by Gasteiger charge is 2.35. The van der Waals surface area contributed by atoms with Crippen LogP contribution in [-0.2, 0) is 9.53 Å². The molecule has 1 aromatic rings. The number of carbonyl (C=O) groups excluding carboxylic acids is 1. The molecule has 0 heterocycles. The monoisotopic (exact) mass is 267 g/mol. The van der Waals surface area contributed by atoms with Gasteiger partial charge in [0.2, 0.25) is 0 Å². The maximum Gasteiger partial charge on any atom is 0.331 e. The Labute approximate surface area is 111 Å². The molecule has 6 nitrogen and oxygen atoms in total. The maximum absolute atomic E-state index is 12.1. The van der Waals surface area contributed by atoms with E-state index in [1.807, 2.05) is 0 Å². The second kappa shape index (κ2) is 6.19. The second-order valence-corrected chi connectivity index (χ2v) is 4.22. The van der Waals surface area contributed by atoms with E-state index >= 15 is 0 Å². The van der Waals surface area contributed by atoms with Crippen LogP contribution in [0.4, 0.5) is 0 Å². The zero-order chi connectivity index (χ0) is 14.5. The molecule has 0 aromatic heterocycles. The van der Waals surface area contributed by atoms with Crippen molar-refractivity contribution in [2.75, 3.05) is 20.8 Å². The summed E-state index contributed by atoms with van der Waals surface area (Å²) in [5.74, 6) is -1.32. The summed E-state index contributed by atoms with van der Waals surface area (Å²) >= 11 is 0. The van der Waals surface area contributed by atoms with Crippen molar-refractivity contribution in [3.8, 4) is 5.75 Å². The number of carboxylic acids is 1. The van der Waals surface area contributed by atoms with Crippen molar-refractivity contribution < 1.29 is 24.2 Å². The number of carbonyl (C=O) groups is 2. The summed E-state index contributed by atoms with van der Waals surface area (Å²) in [6, 6.07) is 6.58. The minimum Gasteiger partial charge on any atom is -0.496 e. The number of para-hydroxylation sites is 1. The largest absolute Gasteiger partial charge is 0.496 e. The van der Waals surface area contributed by atoms with Gasteiger partial charge in [-0.25, -0.2) is 4.79 Å². The molecule has 0 aliphatic heterocycles. The van der Waals surface area contributed by atoms with Crippen molar-refractivity contribution in [2.24, 2.45) is 0 Å². The lowest BCUT2D eigenvalue weighted by Crippen LogP contribution is -2.55. The molecule has 19 heavy (non-hydrogen) atoms. The van der Waals surface area contributed by atoms with Crippen LogP contribution in [-0.4, -0.2) is 43.3 Å². The smallest absolute Gasteiger partial charge is 0.331 e. The fourth-order valence-corrected chi connectivity index (χ4v) is 1.59. The lowest BCUT2D eigenvalue weighted by Gasteiger charge is -2.25. The fourth-order valence-electron chi connectivity index (χ4n) is 1.59. The van der Waals surface area contributed by atoms with E-state index in [1.54, 1.807) is 24.3 Å². The van der Waals surface area contributed by atoms with Crippen LogP contribution >= 0.6 is 0 Å². The highest BCUT2D eigenvalue weighted by Crippen LogP contribution is 2.18. The molecule has 0 saturated carbocycles. The first kappa shape index (κ1) is 15.0. The third-order valence-electron chi connectivity index (χ3n) is 2.65. The van der Waals surface area contributed by atoms with E-state index in [0.29, 0.717) is 5.75 Å². The van der Waals surface area contributed by atoms with Gasteiger partial charge in [0.1, 0.15) is 5.75 Å². The van der Waals surface area contributed by atoms with E-state index < -0.39 is 17.4 Å². The van der Waals surface area contributed by atoms with Crippen LogP contribution in [0.1, 0.15) is 17.3 Å². The Morgan fingerprint density at radius 1 is 1.32 bits per heavy atom. The Kier molecular flexibility index (Phi) is 4.88. The van der Waals surface area contributed by atoms with Crippen LogP contribution in [0.25, 0.3) is 0 Å². The highest BCUT2D eigenvalue weighted by atomic mass is 16.5. The zero-order valence-corrected chi connectivity index (χ0v) is 11.1. The van der Waals surface area contributed by atoms with Gasteiger partial charge >= 0.3 is 5.97 Å². The Morgan fingerprint density at radius 2 is 1.95 bits per heavy atom. The minimum absolute atomic E-state index is 0.136. The number of carboxylic acid groups (broad SMARTS) is 1. The van der Waals surface area contributed by atoms with Gasteiger partial charge in [0.25, 0.3) is 5.91 Å². The van der Waals surface area contributed by atoms with E-state index in [0.717, 1.165) is 0 Å². The number of methoxy groups -OCH3 is 2. The first-order valence-corrected chi connectivity index (χ1v) is 5.62. The number of benzene rings is 1. The van der Waals surface area contributed by atoms with E-state index in [-0.39, 0.29) is 12.2 Å². The van der Waals surface area contributed by atoms with Gasteiger partial charge in [-0.1, -0.05) is 12.1 Å². The molecule has 1 atom stereocenters. The molecule has 1 aromatic carbocycles. The van der Waals surface area contributed by atoms with Gasteiger partial charge in [-0.15, -0.1) is 0 Å². The molecule has 2 N–H and O–H groups in total. The second-order valence-electron chi connectivity index (χ2n) is 4.22. The van der Waals surface area contributed by atoms with Gasteiger partial charge in [0, 0.05) is 7.11 Å². The lowest BCUT2D eigenvalue weighted by atomic mass is 10.0. The summed E-state index contributed by atoms with van der Waals surface area (Å²) in [7, 11) is 2.81. The van der Waals surface area contributed by atoms with Gasteiger partial charge in [-0.05, 0) is 19.1 Å². The number of rotatable bonds is 6. The first-order valence-electron chi connectivity index (χ1n) is 5.62. The van der Waals surface area contributed by atoms with Gasteiger partial charge in [0.05, 0.1) is 19.3 Å². The number of nitrogens with one attached hydrogen (secondary N) is 1. The normalized spacial score (nSPS) is 13.4. The van der Waals surface area contributed by atoms with Gasteiger partial charge < -0.3 is 19.9 Å². The first-order chi connectivity index (χ1) is 8.94. The third-order valence-corrected chi connectivity index (χ3v) is 2.65. The van der Waals surface area contributed by atoms with Gasteiger partial charge in [-0.3, -0.25) is 4.79 Å². The van der Waals surface area contributed by atoms with E-state index in [2.05, 4.69) is 5.32 Å². The topological polar surface area (TPSA) is 84.9 Å². The van der Waals surface area contributed by atoms with Crippen LogP contribution in [0, 0.1) is 0 Å². The molecule has 0 fully saturated rings. The average Bonchev–Trinajstić information content (AvgIpc) is 2.38. The van der Waals surface area contributed by atoms with Crippen LogP contribution in [0.15, 0.2) is 24.3 Å². The summed E-state index contributed by atoms with van der Waals surface area (Å²) in [4.78, 5) is 23.3. The summed E-state index contributed by atoms with van der Waals surface area (Å²) in [5, 5.41) is 11.6. The quantitative estimate of drug-likeness (QED) is 0.800. The highest BCUT2D eigenvalue weighted by molar-refractivity contribution is 5.99. The van der Waals surface area contributed by atoms with Gasteiger partial charge in [0.15, 0.2) is 5.54 Å². The average molecular weight is 267 g/mol. The van der Waals surface area contributed by atoms with Crippen molar-refractivity contribution in [3.05, 3.63) is 29.8 Å².